The summed E-state index contributed by atoms with van der Waals surface area (Å²) in [5.74, 6) is 2.08. The first-order valence-corrected chi connectivity index (χ1v) is 15.0. The number of amides is 2. The van der Waals surface area contributed by atoms with Gasteiger partial charge in [-0.1, -0.05) is 104 Å². The Morgan fingerprint density at radius 3 is 1.43 bits per heavy atom. The second-order valence-electron chi connectivity index (χ2n) is 10.8. The van der Waals surface area contributed by atoms with Gasteiger partial charge in [0.2, 0.25) is 11.8 Å². The van der Waals surface area contributed by atoms with Crippen LogP contribution in [0.5, 0.6) is 0 Å². The number of hydrogen-bond donors (Lipinski definition) is 2. The predicted octanol–water partition coefficient (Wildman–Crippen LogP) is 7.57. The van der Waals surface area contributed by atoms with Crippen LogP contribution in [0, 0.1) is 11.8 Å². The number of rotatable bonds is 26. The SMILES string of the molecule is CCCCNC(=O)CCCCCCC(C)CCCCC(C)CCCCCCC(=O)NCCCOC. The van der Waals surface area contributed by atoms with E-state index in [9.17, 15) is 9.59 Å². The van der Waals surface area contributed by atoms with Gasteiger partial charge in [0.1, 0.15) is 0 Å². The summed E-state index contributed by atoms with van der Waals surface area (Å²) in [5.41, 5.74) is 0. The monoisotopic (exact) mass is 496 g/mol. The third kappa shape index (κ3) is 25.8. The highest BCUT2D eigenvalue weighted by Gasteiger charge is 2.06. The standard InChI is InChI=1S/C30H60N2O3/c1-5-6-24-31-29(33)22-13-9-7-11-18-27(2)20-15-16-21-28(3)19-12-8-10-14-23-30(34)32-25-17-26-35-4/h27-28H,5-26H2,1-4H3,(H,31,33)(H,32,34). The molecule has 0 saturated heterocycles. The Morgan fingerprint density at radius 1 is 0.600 bits per heavy atom. The normalized spacial score (nSPS) is 12.9. The number of unbranched alkanes of at least 4 members (excludes halogenated alkanes) is 8. The van der Waals surface area contributed by atoms with E-state index in [1.54, 1.807) is 7.11 Å². The number of carbonyl (C=O) groups excluding carboxylic acids is 2. The molecule has 0 saturated carbocycles. The van der Waals surface area contributed by atoms with E-state index in [1.165, 1.54) is 77.0 Å². The Balaban J connectivity index is 3.42. The van der Waals surface area contributed by atoms with Gasteiger partial charge >= 0.3 is 0 Å². The maximum atomic E-state index is 11.7. The Bertz CT molecular complexity index is 484. The molecule has 5 nitrogen and oxygen atoms in total. The van der Waals surface area contributed by atoms with E-state index < -0.39 is 0 Å². The molecule has 0 radical (unpaired) electrons. The molecular weight excluding hydrogens is 436 g/mol. The van der Waals surface area contributed by atoms with Gasteiger partial charge < -0.3 is 15.4 Å². The molecule has 0 aliphatic carbocycles. The highest BCUT2D eigenvalue weighted by Crippen LogP contribution is 2.21. The Morgan fingerprint density at radius 2 is 1.00 bits per heavy atom. The van der Waals surface area contributed by atoms with Crippen molar-refractivity contribution in [1.82, 2.24) is 10.6 Å². The van der Waals surface area contributed by atoms with E-state index in [1.807, 2.05) is 0 Å². The fourth-order valence-electron chi connectivity index (χ4n) is 4.56. The Labute approximate surface area is 218 Å². The molecule has 0 rings (SSSR count). The van der Waals surface area contributed by atoms with Crippen LogP contribution in [0.25, 0.3) is 0 Å². The van der Waals surface area contributed by atoms with E-state index in [0.717, 1.165) is 57.0 Å². The van der Waals surface area contributed by atoms with E-state index in [0.29, 0.717) is 19.4 Å². The average molecular weight is 497 g/mol. The number of carbonyl (C=O) groups is 2. The molecule has 2 N–H and O–H groups in total. The predicted molar refractivity (Wildman–Crippen MR) is 150 cm³/mol. The molecule has 0 aromatic rings. The lowest BCUT2D eigenvalue weighted by molar-refractivity contribution is -0.122. The minimum atomic E-state index is 0.186. The fourth-order valence-corrected chi connectivity index (χ4v) is 4.56. The number of nitrogens with one attached hydrogen (secondary N) is 2. The van der Waals surface area contributed by atoms with E-state index >= 15 is 0 Å². The molecule has 0 spiro atoms. The van der Waals surface area contributed by atoms with Crippen molar-refractivity contribution in [2.45, 2.75) is 143 Å². The van der Waals surface area contributed by atoms with Gasteiger partial charge in [-0.15, -0.1) is 0 Å². The number of ether oxygens (including phenoxy) is 1. The molecule has 35 heavy (non-hydrogen) atoms. The van der Waals surface area contributed by atoms with Crippen molar-refractivity contribution < 1.29 is 14.3 Å². The maximum absolute atomic E-state index is 11.7. The van der Waals surface area contributed by atoms with Gasteiger partial charge in [0.25, 0.3) is 0 Å². The lowest BCUT2D eigenvalue weighted by atomic mass is 9.93. The van der Waals surface area contributed by atoms with Crippen LogP contribution in [0.3, 0.4) is 0 Å². The molecule has 208 valence electrons. The van der Waals surface area contributed by atoms with Crippen LogP contribution in [-0.2, 0) is 14.3 Å². The van der Waals surface area contributed by atoms with Crippen LogP contribution in [0.2, 0.25) is 0 Å². The average Bonchev–Trinajstić information content (AvgIpc) is 2.84. The van der Waals surface area contributed by atoms with Crippen LogP contribution in [-0.4, -0.2) is 38.6 Å². The molecule has 0 aliphatic rings. The van der Waals surface area contributed by atoms with Crippen LogP contribution >= 0.6 is 0 Å². The van der Waals surface area contributed by atoms with E-state index in [-0.39, 0.29) is 11.8 Å². The van der Waals surface area contributed by atoms with E-state index in [4.69, 9.17) is 4.74 Å². The first-order valence-electron chi connectivity index (χ1n) is 15.0. The summed E-state index contributed by atoms with van der Waals surface area (Å²) >= 11 is 0. The van der Waals surface area contributed by atoms with Crippen LogP contribution in [0.4, 0.5) is 0 Å². The Kier molecular flexibility index (Phi) is 25.2. The minimum absolute atomic E-state index is 0.186. The summed E-state index contributed by atoms with van der Waals surface area (Å²) in [7, 11) is 1.69. The zero-order chi connectivity index (χ0) is 26.0. The maximum Gasteiger partial charge on any atom is 0.219 e. The minimum Gasteiger partial charge on any atom is -0.385 e. The molecule has 0 fully saturated rings. The molecule has 5 heteroatoms. The van der Waals surface area contributed by atoms with Gasteiger partial charge in [0.05, 0.1) is 0 Å². The molecule has 0 bridgehead atoms. The second kappa shape index (κ2) is 26.0. The highest BCUT2D eigenvalue weighted by molar-refractivity contribution is 5.76. The summed E-state index contributed by atoms with van der Waals surface area (Å²) < 4.78 is 4.99. The lowest BCUT2D eigenvalue weighted by Crippen LogP contribution is -2.24. The molecule has 0 aliphatic heterocycles. The third-order valence-electron chi connectivity index (χ3n) is 7.05. The lowest BCUT2D eigenvalue weighted by Gasteiger charge is -2.14. The first-order chi connectivity index (χ1) is 17.0. The van der Waals surface area contributed by atoms with Gasteiger partial charge in [0, 0.05) is 39.6 Å². The Hall–Kier alpha value is -1.10. The highest BCUT2D eigenvalue weighted by atomic mass is 16.5. The molecule has 2 unspecified atom stereocenters. The summed E-state index contributed by atoms with van der Waals surface area (Å²) in [6, 6.07) is 0. The first kappa shape index (κ1) is 33.9. The summed E-state index contributed by atoms with van der Waals surface area (Å²) in [5, 5.41) is 5.97. The summed E-state index contributed by atoms with van der Waals surface area (Å²) in [6.07, 6.45) is 22.1. The molecule has 2 amide bonds. The molecule has 0 aromatic heterocycles. The van der Waals surface area contributed by atoms with Crippen molar-refractivity contribution in [3.05, 3.63) is 0 Å². The van der Waals surface area contributed by atoms with Crippen molar-refractivity contribution >= 4 is 11.8 Å². The zero-order valence-electron chi connectivity index (χ0n) is 23.9. The topological polar surface area (TPSA) is 67.4 Å². The molecular formula is C30H60N2O3. The largest absolute Gasteiger partial charge is 0.385 e. The third-order valence-corrected chi connectivity index (χ3v) is 7.05. The summed E-state index contributed by atoms with van der Waals surface area (Å²) in [4.78, 5) is 23.4. The van der Waals surface area contributed by atoms with Crippen LogP contribution in [0.15, 0.2) is 0 Å². The number of hydrogen-bond acceptors (Lipinski definition) is 3. The fraction of sp³-hybridized carbons (Fsp3) is 0.933. The van der Waals surface area contributed by atoms with Crippen molar-refractivity contribution in [2.75, 3.05) is 26.8 Å². The second-order valence-corrected chi connectivity index (χ2v) is 10.8. The molecule has 0 heterocycles. The van der Waals surface area contributed by atoms with Gasteiger partial charge in [-0.05, 0) is 37.5 Å². The summed E-state index contributed by atoms with van der Waals surface area (Å²) in [6.45, 7) is 9.23. The quantitative estimate of drug-likeness (QED) is 0.121. The van der Waals surface area contributed by atoms with Gasteiger partial charge in [0.15, 0.2) is 0 Å². The van der Waals surface area contributed by atoms with Gasteiger partial charge in [-0.2, -0.15) is 0 Å². The van der Waals surface area contributed by atoms with Crippen LogP contribution in [0.1, 0.15) is 143 Å². The van der Waals surface area contributed by atoms with Gasteiger partial charge in [-0.3, -0.25) is 9.59 Å². The zero-order valence-corrected chi connectivity index (χ0v) is 23.9. The van der Waals surface area contributed by atoms with Crippen LogP contribution < -0.4 is 10.6 Å². The molecule has 0 aromatic carbocycles. The number of methoxy groups -OCH3 is 1. The van der Waals surface area contributed by atoms with Crippen molar-refractivity contribution in [3.63, 3.8) is 0 Å². The van der Waals surface area contributed by atoms with E-state index in [2.05, 4.69) is 31.4 Å². The van der Waals surface area contributed by atoms with Crippen molar-refractivity contribution in [3.8, 4) is 0 Å². The van der Waals surface area contributed by atoms with Crippen molar-refractivity contribution in [1.29, 1.82) is 0 Å². The molecule has 2 atom stereocenters. The smallest absolute Gasteiger partial charge is 0.219 e. The van der Waals surface area contributed by atoms with Gasteiger partial charge in [-0.25, -0.2) is 0 Å². The van der Waals surface area contributed by atoms with Crippen molar-refractivity contribution in [2.24, 2.45) is 11.8 Å².